The van der Waals surface area contributed by atoms with E-state index < -0.39 is 0 Å². The molecular formula is C27H28N2O4S. The zero-order valence-electron chi connectivity index (χ0n) is 20.0. The molecule has 0 unspecified atom stereocenters. The van der Waals surface area contributed by atoms with Crippen LogP contribution in [0.2, 0.25) is 0 Å². The highest BCUT2D eigenvalue weighted by Gasteiger charge is 2.25. The normalized spacial score (nSPS) is 11.0. The van der Waals surface area contributed by atoms with E-state index in [4.69, 9.17) is 19.2 Å². The minimum atomic E-state index is -0.201. The van der Waals surface area contributed by atoms with E-state index in [0.29, 0.717) is 40.4 Å². The molecule has 0 spiro atoms. The number of hydrogen-bond acceptors (Lipinski definition) is 6. The van der Waals surface area contributed by atoms with E-state index >= 15 is 0 Å². The summed E-state index contributed by atoms with van der Waals surface area (Å²) in [5.74, 6) is 1.42. The second kappa shape index (κ2) is 10.1. The summed E-state index contributed by atoms with van der Waals surface area (Å²) in [6.07, 6.45) is 0. The Balaban J connectivity index is 1.84. The Bertz CT molecular complexity index is 1280. The number of hydrogen-bond donors (Lipinski definition) is 0. The smallest absolute Gasteiger partial charge is 0.260 e. The molecule has 0 aliphatic heterocycles. The lowest BCUT2D eigenvalue weighted by atomic mass is 10.0. The summed E-state index contributed by atoms with van der Waals surface area (Å²) in [5, 5.41) is 0.644. The number of carbonyl (C=O) groups excluding carboxylic acids is 1. The maximum atomic E-state index is 13.9. The number of nitrogens with zero attached hydrogens (tertiary/aromatic N) is 2. The highest BCUT2D eigenvalue weighted by Crippen LogP contribution is 2.40. The van der Waals surface area contributed by atoms with Crippen LogP contribution >= 0.6 is 11.3 Å². The minimum Gasteiger partial charge on any atom is -0.493 e. The van der Waals surface area contributed by atoms with Gasteiger partial charge in [0.15, 0.2) is 16.6 Å². The molecule has 0 aliphatic carbocycles. The van der Waals surface area contributed by atoms with Crippen LogP contribution in [0.25, 0.3) is 10.2 Å². The van der Waals surface area contributed by atoms with Gasteiger partial charge in [-0.2, -0.15) is 0 Å². The molecule has 3 aromatic carbocycles. The number of anilines is 1. The molecule has 0 radical (unpaired) electrons. The van der Waals surface area contributed by atoms with Crippen molar-refractivity contribution in [2.45, 2.75) is 26.3 Å². The molecule has 0 saturated carbocycles. The van der Waals surface area contributed by atoms with Gasteiger partial charge < -0.3 is 14.2 Å². The van der Waals surface area contributed by atoms with Crippen molar-refractivity contribution < 1.29 is 19.0 Å². The Morgan fingerprint density at radius 1 is 0.941 bits per heavy atom. The largest absolute Gasteiger partial charge is 0.493 e. The highest BCUT2D eigenvalue weighted by molar-refractivity contribution is 7.22. The first-order valence-electron chi connectivity index (χ1n) is 11.0. The number of amides is 1. The third-order valence-electron chi connectivity index (χ3n) is 5.63. The van der Waals surface area contributed by atoms with Gasteiger partial charge in [-0.05, 0) is 35.2 Å². The first kappa shape index (κ1) is 23.6. The van der Waals surface area contributed by atoms with E-state index in [9.17, 15) is 4.79 Å². The van der Waals surface area contributed by atoms with Gasteiger partial charge >= 0.3 is 0 Å². The summed E-state index contributed by atoms with van der Waals surface area (Å²) in [7, 11) is 4.61. The van der Waals surface area contributed by atoms with Crippen LogP contribution in [0, 0.1) is 0 Å². The summed E-state index contributed by atoms with van der Waals surface area (Å²) in [5.41, 5.74) is 3.54. The molecule has 6 nitrogen and oxygen atoms in total. The van der Waals surface area contributed by atoms with Gasteiger partial charge in [0, 0.05) is 5.56 Å². The Morgan fingerprint density at radius 3 is 2.21 bits per heavy atom. The predicted octanol–water partition coefficient (Wildman–Crippen LogP) is 6.29. The molecule has 0 fully saturated rings. The van der Waals surface area contributed by atoms with Gasteiger partial charge in [-0.3, -0.25) is 9.69 Å². The first-order chi connectivity index (χ1) is 16.5. The summed E-state index contributed by atoms with van der Waals surface area (Å²) in [4.78, 5) is 20.6. The number of aromatic nitrogens is 1. The van der Waals surface area contributed by atoms with Gasteiger partial charge in [0.25, 0.3) is 5.91 Å². The van der Waals surface area contributed by atoms with E-state index in [1.807, 2.05) is 42.5 Å². The Labute approximate surface area is 203 Å². The molecule has 4 aromatic rings. The summed E-state index contributed by atoms with van der Waals surface area (Å²) in [6, 6.07) is 19.4. The Hall–Kier alpha value is -3.58. The number of ether oxygens (including phenoxy) is 3. The van der Waals surface area contributed by atoms with Crippen molar-refractivity contribution in [1.29, 1.82) is 0 Å². The summed E-state index contributed by atoms with van der Waals surface area (Å²) >= 11 is 1.51. The number of rotatable bonds is 8. The van der Waals surface area contributed by atoms with Crippen molar-refractivity contribution in [2.75, 3.05) is 26.2 Å². The Kier molecular flexibility index (Phi) is 7.03. The molecule has 34 heavy (non-hydrogen) atoms. The molecule has 1 heterocycles. The molecule has 0 aliphatic rings. The Morgan fingerprint density at radius 2 is 1.62 bits per heavy atom. The lowest BCUT2D eigenvalue weighted by Crippen LogP contribution is -2.30. The molecule has 4 rings (SSSR count). The molecule has 0 N–H and O–H groups in total. The van der Waals surface area contributed by atoms with Crippen molar-refractivity contribution in [3.63, 3.8) is 0 Å². The third kappa shape index (κ3) is 4.56. The van der Waals surface area contributed by atoms with Crippen LogP contribution in [-0.2, 0) is 6.54 Å². The lowest BCUT2D eigenvalue weighted by molar-refractivity contribution is 0.0984. The lowest BCUT2D eigenvalue weighted by Gasteiger charge is -2.21. The van der Waals surface area contributed by atoms with Crippen molar-refractivity contribution in [3.8, 4) is 17.2 Å². The number of benzene rings is 3. The SMILES string of the molecule is COc1cc(C(=O)N(Cc2ccccc2)c2nc3c(C(C)C)cccc3s2)cc(OC)c1OC. The fourth-order valence-electron chi connectivity index (χ4n) is 3.89. The number of carbonyl (C=O) groups is 1. The fraction of sp³-hybridized carbons (Fsp3) is 0.259. The van der Waals surface area contributed by atoms with Gasteiger partial charge in [0.2, 0.25) is 5.75 Å². The second-order valence-electron chi connectivity index (χ2n) is 8.14. The zero-order chi connectivity index (χ0) is 24.2. The number of fused-ring (bicyclic) bond motifs is 1. The number of thiazole rings is 1. The maximum absolute atomic E-state index is 13.9. The van der Waals surface area contributed by atoms with E-state index in [2.05, 4.69) is 19.9 Å². The number of para-hydroxylation sites is 1. The molecule has 7 heteroatoms. The van der Waals surface area contributed by atoms with Crippen LogP contribution in [0.1, 0.15) is 41.3 Å². The van der Waals surface area contributed by atoms with Crippen LogP contribution in [0.4, 0.5) is 5.13 Å². The standard InChI is InChI=1S/C27H28N2O4S/c1-17(2)20-12-9-13-23-24(20)28-27(34-23)29(16-18-10-7-6-8-11-18)26(30)19-14-21(31-3)25(33-5)22(15-19)32-4/h6-15,17H,16H2,1-5H3. The third-order valence-corrected chi connectivity index (χ3v) is 6.68. The average molecular weight is 477 g/mol. The van der Waals surface area contributed by atoms with Gasteiger partial charge in [0.05, 0.1) is 38.1 Å². The molecular weight excluding hydrogens is 448 g/mol. The van der Waals surface area contributed by atoms with Crippen molar-refractivity contribution >= 4 is 32.6 Å². The van der Waals surface area contributed by atoms with Gasteiger partial charge in [-0.1, -0.05) is 67.6 Å². The predicted molar refractivity (Wildman–Crippen MR) is 137 cm³/mol. The van der Waals surface area contributed by atoms with Crippen molar-refractivity contribution in [1.82, 2.24) is 4.98 Å². The molecule has 1 amide bonds. The van der Waals surface area contributed by atoms with Crippen LogP contribution in [0.3, 0.4) is 0 Å². The molecule has 0 saturated heterocycles. The zero-order valence-corrected chi connectivity index (χ0v) is 20.8. The number of methoxy groups -OCH3 is 3. The van der Waals surface area contributed by atoms with Gasteiger partial charge in [0.1, 0.15) is 0 Å². The van der Waals surface area contributed by atoms with Crippen LogP contribution in [-0.4, -0.2) is 32.2 Å². The van der Waals surface area contributed by atoms with Crippen molar-refractivity contribution in [2.24, 2.45) is 0 Å². The van der Waals surface area contributed by atoms with Crippen molar-refractivity contribution in [3.05, 3.63) is 77.4 Å². The van der Waals surface area contributed by atoms with E-state index in [-0.39, 0.29) is 5.91 Å². The fourth-order valence-corrected chi connectivity index (χ4v) is 4.89. The second-order valence-corrected chi connectivity index (χ2v) is 9.15. The van der Waals surface area contributed by atoms with E-state index in [1.54, 1.807) is 17.0 Å². The monoisotopic (exact) mass is 476 g/mol. The summed E-state index contributed by atoms with van der Waals surface area (Å²) < 4.78 is 17.4. The quantitative estimate of drug-likeness (QED) is 0.299. The molecule has 1 aromatic heterocycles. The molecule has 0 atom stereocenters. The topological polar surface area (TPSA) is 60.9 Å². The van der Waals surface area contributed by atoms with E-state index in [1.165, 1.54) is 38.2 Å². The van der Waals surface area contributed by atoms with Crippen LogP contribution in [0.15, 0.2) is 60.7 Å². The molecule has 0 bridgehead atoms. The van der Waals surface area contributed by atoms with Crippen LogP contribution in [0.5, 0.6) is 17.2 Å². The molecule has 176 valence electrons. The first-order valence-corrected chi connectivity index (χ1v) is 11.8. The van der Waals surface area contributed by atoms with Gasteiger partial charge in [-0.25, -0.2) is 4.98 Å². The van der Waals surface area contributed by atoms with Crippen LogP contribution < -0.4 is 19.1 Å². The van der Waals surface area contributed by atoms with Gasteiger partial charge in [-0.15, -0.1) is 0 Å². The average Bonchev–Trinajstić information content (AvgIpc) is 3.30. The highest BCUT2D eigenvalue weighted by atomic mass is 32.1. The minimum absolute atomic E-state index is 0.201. The van der Waals surface area contributed by atoms with E-state index in [0.717, 1.165) is 15.8 Å². The maximum Gasteiger partial charge on any atom is 0.260 e. The summed E-state index contributed by atoms with van der Waals surface area (Å²) in [6.45, 7) is 4.68.